The molecule has 0 spiro atoms. The number of thiocarbonyl (C=S) groups is 1. The molecule has 1 aromatic heterocycles. The van der Waals surface area contributed by atoms with Crippen molar-refractivity contribution in [3.63, 3.8) is 0 Å². The number of morpholine rings is 1. The number of carboxylic acid groups (broad SMARTS) is 1. The van der Waals surface area contributed by atoms with Crippen molar-refractivity contribution in [1.82, 2.24) is 25.2 Å². The van der Waals surface area contributed by atoms with Crippen LogP contribution < -0.4 is 4.74 Å². The van der Waals surface area contributed by atoms with Crippen molar-refractivity contribution in [2.24, 2.45) is 0 Å². The SMILES string of the molecule is O=C(O)c1ccc(CCN2C(=O)/C(=C/c3ccc(OCCN4CCOCC4)c(-c4ccc5n[nH]nc5c4)c3)SC2=S)cc1. The van der Waals surface area contributed by atoms with E-state index in [4.69, 9.17) is 26.8 Å². The summed E-state index contributed by atoms with van der Waals surface area (Å²) < 4.78 is 12.2. The maximum Gasteiger partial charge on any atom is 0.335 e. The lowest BCUT2D eigenvalue weighted by atomic mass is 10.0. The Morgan fingerprint density at radius 2 is 1.84 bits per heavy atom. The first-order valence-electron chi connectivity index (χ1n) is 13.9. The van der Waals surface area contributed by atoms with Crippen LogP contribution in [0.2, 0.25) is 0 Å². The van der Waals surface area contributed by atoms with Gasteiger partial charge in [0, 0.05) is 31.7 Å². The van der Waals surface area contributed by atoms with E-state index in [0.29, 0.717) is 28.8 Å². The van der Waals surface area contributed by atoms with Gasteiger partial charge >= 0.3 is 5.97 Å². The fourth-order valence-corrected chi connectivity index (χ4v) is 6.31. The van der Waals surface area contributed by atoms with Crippen LogP contribution >= 0.6 is 24.0 Å². The molecule has 0 bridgehead atoms. The number of nitrogens with zero attached hydrogens (tertiary/aromatic N) is 4. The number of amides is 1. The van der Waals surface area contributed by atoms with Crippen LogP contribution in [0.15, 0.2) is 65.6 Å². The van der Waals surface area contributed by atoms with Crippen LogP contribution in [0.25, 0.3) is 28.2 Å². The molecule has 10 nitrogen and oxygen atoms in total. The highest BCUT2D eigenvalue weighted by Crippen LogP contribution is 2.36. The quantitative estimate of drug-likeness (QED) is 0.195. The number of aromatic amines is 1. The summed E-state index contributed by atoms with van der Waals surface area (Å²) in [7, 11) is 0. The number of aromatic carboxylic acids is 1. The third kappa shape index (κ3) is 6.78. The third-order valence-electron chi connectivity index (χ3n) is 7.40. The largest absolute Gasteiger partial charge is 0.492 e. The Balaban J connectivity index is 1.20. The van der Waals surface area contributed by atoms with Crippen LogP contribution in [0.4, 0.5) is 0 Å². The zero-order chi connectivity index (χ0) is 29.8. The molecule has 4 aromatic rings. The van der Waals surface area contributed by atoms with Crippen LogP contribution in [0.1, 0.15) is 21.5 Å². The van der Waals surface area contributed by atoms with Gasteiger partial charge in [0.1, 0.15) is 27.7 Å². The van der Waals surface area contributed by atoms with E-state index in [2.05, 4.69) is 20.3 Å². The molecular weight excluding hydrogens is 587 g/mol. The number of hydrogen-bond acceptors (Lipinski definition) is 9. The van der Waals surface area contributed by atoms with Gasteiger partial charge in [0.15, 0.2) is 0 Å². The van der Waals surface area contributed by atoms with E-state index in [1.54, 1.807) is 29.2 Å². The molecule has 2 saturated heterocycles. The molecule has 6 rings (SSSR count). The van der Waals surface area contributed by atoms with Crippen molar-refractivity contribution in [2.75, 3.05) is 46.0 Å². The second kappa shape index (κ2) is 13.0. The predicted molar refractivity (Wildman–Crippen MR) is 169 cm³/mol. The Morgan fingerprint density at radius 1 is 1.05 bits per heavy atom. The van der Waals surface area contributed by atoms with E-state index in [9.17, 15) is 9.59 Å². The number of fused-ring (bicyclic) bond motifs is 1. The highest BCUT2D eigenvalue weighted by molar-refractivity contribution is 8.26. The van der Waals surface area contributed by atoms with Gasteiger partial charge in [-0.05, 0) is 65.6 Å². The van der Waals surface area contributed by atoms with Gasteiger partial charge < -0.3 is 14.6 Å². The van der Waals surface area contributed by atoms with Gasteiger partial charge in [-0.2, -0.15) is 15.4 Å². The minimum Gasteiger partial charge on any atom is -0.492 e. The number of rotatable bonds is 10. The van der Waals surface area contributed by atoms with E-state index < -0.39 is 5.97 Å². The summed E-state index contributed by atoms with van der Waals surface area (Å²) in [5, 5.41) is 20.2. The number of H-pyrrole nitrogens is 1. The fraction of sp³-hybridized carbons (Fsp3) is 0.258. The standard InChI is InChI=1S/C31H29N5O5S2/c37-29-28(43-31(42)36(29)10-9-20-1-4-22(5-2-20)30(38)39)18-21-3-8-27(41-16-13-35-11-14-40-15-12-35)24(17-21)23-6-7-25-26(19-23)33-34-32-25/h1-8,17-19H,9-16H2,(H,38,39)(H,32,33,34)/b28-18-. The molecule has 12 heteroatoms. The molecule has 2 N–H and O–H groups in total. The molecule has 0 aliphatic carbocycles. The lowest BCUT2D eigenvalue weighted by Crippen LogP contribution is -2.38. The number of carbonyl (C=O) groups excluding carboxylic acids is 1. The van der Waals surface area contributed by atoms with E-state index in [-0.39, 0.29) is 11.5 Å². The van der Waals surface area contributed by atoms with Crippen molar-refractivity contribution in [3.05, 3.63) is 82.3 Å². The smallest absolute Gasteiger partial charge is 0.335 e. The van der Waals surface area contributed by atoms with E-state index >= 15 is 0 Å². The van der Waals surface area contributed by atoms with Crippen LogP contribution in [-0.2, 0) is 16.0 Å². The van der Waals surface area contributed by atoms with Gasteiger partial charge in [0.05, 0.1) is 23.7 Å². The number of ether oxygens (including phenoxy) is 2. The van der Waals surface area contributed by atoms with Gasteiger partial charge in [-0.1, -0.05) is 48.2 Å². The highest BCUT2D eigenvalue weighted by Gasteiger charge is 2.31. The summed E-state index contributed by atoms with van der Waals surface area (Å²) in [6.07, 6.45) is 2.42. The van der Waals surface area contributed by atoms with E-state index in [1.807, 2.05) is 42.5 Å². The number of carboxylic acids is 1. The topological polar surface area (TPSA) is 121 Å². The summed E-state index contributed by atoms with van der Waals surface area (Å²) in [5.74, 6) is -0.369. The van der Waals surface area contributed by atoms with Gasteiger partial charge in [-0.3, -0.25) is 14.6 Å². The Bertz CT molecular complexity index is 1700. The lowest BCUT2D eigenvalue weighted by Gasteiger charge is -2.26. The van der Waals surface area contributed by atoms with Crippen molar-refractivity contribution in [2.45, 2.75) is 6.42 Å². The number of hydrogen-bond donors (Lipinski definition) is 2. The Labute approximate surface area is 257 Å². The summed E-state index contributed by atoms with van der Waals surface area (Å²) in [5.41, 5.74) is 5.35. The van der Waals surface area contributed by atoms with Crippen LogP contribution in [0.3, 0.4) is 0 Å². The molecule has 3 aromatic carbocycles. The summed E-state index contributed by atoms with van der Waals surface area (Å²) in [6, 6.07) is 18.4. The summed E-state index contributed by atoms with van der Waals surface area (Å²) >= 11 is 6.82. The first-order chi connectivity index (χ1) is 20.9. The maximum atomic E-state index is 13.3. The minimum absolute atomic E-state index is 0.145. The summed E-state index contributed by atoms with van der Waals surface area (Å²) in [4.78, 5) is 28.9. The zero-order valence-corrected chi connectivity index (χ0v) is 24.8. The normalized spacial score (nSPS) is 16.8. The number of nitrogens with one attached hydrogen (secondary N) is 1. The average molecular weight is 616 g/mol. The van der Waals surface area contributed by atoms with Crippen molar-refractivity contribution < 1.29 is 24.2 Å². The van der Waals surface area contributed by atoms with Crippen molar-refractivity contribution >= 4 is 57.3 Å². The second-order valence-corrected chi connectivity index (χ2v) is 11.8. The maximum absolute atomic E-state index is 13.3. The number of thioether (sulfide) groups is 1. The van der Waals surface area contributed by atoms with Gasteiger partial charge in [-0.15, -0.1) is 0 Å². The number of aromatic nitrogens is 3. The number of benzene rings is 3. The van der Waals surface area contributed by atoms with Crippen LogP contribution in [0, 0.1) is 0 Å². The molecule has 220 valence electrons. The van der Waals surface area contributed by atoms with Crippen LogP contribution in [0.5, 0.6) is 5.75 Å². The minimum atomic E-state index is -0.969. The molecule has 2 fully saturated rings. The Hall–Kier alpha value is -4.10. The third-order valence-corrected chi connectivity index (χ3v) is 8.77. The number of carbonyl (C=O) groups is 2. The zero-order valence-electron chi connectivity index (χ0n) is 23.2. The van der Waals surface area contributed by atoms with Gasteiger partial charge in [0.25, 0.3) is 5.91 Å². The average Bonchev–Trinajstić information content (AvgIpc) is 3.60. The van der Waals surface area contributed by atoms with E-state index in [1.165, 1.54) is 11.8 Å². The fourth-order valence-electron chi connectivity index (χ4n) is 5.01. The summed E-state index contributed by atoms with van der Waals surface area (Å²) in [6.45, 7) is 5.02. The molecule has 0 saturated carbocycles. The van der Waals surface area contributed by atoms with E-state index in [0.717, 1.165) is 71.9 Å². The molecule has 0 radical (unpaired) electrons. The lowest BCUT2D eigenvalue weighted by molar-refractivity contribution is -0.122. The molecule has 2 aliphatic rings. The van der Waals surface area contributed by atoms with Crippen molar-refractivity contribution in [1.29, 1.82) is 0 Å². The monoisotopic (exact) mass is 615 g/mol. The van der Waals surface area contributed by atoms with Gasteiger partial charge in [0.2, 0.25) is 0 Å². The second-order valence-electron chi connectivity index (χ2n) is 10.2. The molecule has 0 atom stereocenters. The Morgan fingerprint density at radius 3 is 2.63 bits per heavy atom. The van der Waals surface area contributed by atoms with Crippen LogP contribution in [-0.4, -0.2) is 92.5 Å². The molecule has 43 heavy (non-hydrogen) atoms. The molecule has 3 heterocycles. The molecule has 1 amide bonds. The van der Waals surface area contributed by atoms with Gasteiger partial charge in [-0.25, -0.2) is 4.79 Å². The molecule has 2 aliphatic heterocycles. The predicted octanol–water partition coefficient (Wildman–Crippen LogP) is 4.48. The van der Waals surface area contributed by atoms with Crippen molar-refractivity contribution in [3.8, 4) is 16.9 Å². The Kier molecular flexibility index (Phi) is 8.79. The molecular formula is C31H29N5O5S2. The highest BCUT2D eigenvalue weighted by atomic mass is 32.2. The first kappa shape index (κ1) is 29.0. The first-order valence-corrected chi connectivity index (χ1v) is 15.1. The molecule has 0 unspecified atom stereocenters.